The van der Waals surface area contributed by atoms with E-state index in [2.05, 4.69) is 11.9 Å². The van der Waals surface area contributed by atoms with E-state index in [1.807, 2.05) is 51.2 Å². The summed E-state index contributed by atoms with van der Waals surface area (Å²) in [6.45, 7) is 8.66. The van der Waals surface area contributed by atoms with Crippen LogP contribution in [0.25, 0.3) is 11.1 Å². The van der Waals surface area contributed by atoms with E-state index >= 15 is 0 Å². The highest BCUT2D eigenvalue weighted by molar-refractivity contribution is 5.89. The van der Waals surface area contributed by atoms with Gasteiger partial charge in [0.2, 0.25) is 0 Å². The van der Waals surface area contributed by atoms with Gasteiger partial charge in [-0.25, -0.2) is 0 Å². The zero-order chi connectivity index (χ0) is 25.6. The topological polar surface area (TPSA) is 99.0 Å². The number of phenolic OH excluding ortho intramolecular Hbond substituents is 1. The Hall–Kier alpha value is -2.51. The molecule has 35 heavy (non-hydrogen) atoms. The molecule has 6 heteroatoms. The SMILES string of the molecule is C=C1C2C(CO)CC(C(=O)CCc3cccc(-c4cc(O)cc(CNC)c4)c3)(C1(C)C)C2(O)OC. The summed E-state index contributed by atoms with van der Waals surface area (Å²) in [4.78, 5) is 13.9. The van der Waals surface area contributed by atoms with Gasteiger partial charge in [-0.3, -0.25) is 4.79 Å². The molecule has 2 aliphatic rings. The molecule has 4 atom stereocenters. The summed E-state index contributed by atoms with van der Waals surface area (Å²) in [5.41, 5.74) is 2.81. The third kappa shape index (κ3) is 3.75. The van der Waals surface area contributed by atoms with Crippen LogP contribution in [0, 0.1) is 22.7 Å². The fourth-order valence-corrected chi connectivity index (χ4v) is 6.79. The van der Waals surface area contributed by atoms with Crippen LogP contribution in [0.4, 0.5) is 0 Å². The second kappa shape index (κ2) is 9.17. The van der Waals surface area contributed by atoms with Crippen molar-refractivity contribution in [3.05, 3.63) is 65.7 Å². The maximum Gasteiger partial charge on any atom is 0.185 e. The predicted molar refractivity (Wildman–Crippen MR) is 136 cm³/mol. The molecule has 0 amide bonds. The number of phenols is 1. The smallest absolute Gasteiger partial charge is 0.185 e. The Morgan fingerprint density at radius 1 is 1.17 bits per heavy atom. The standard InChI is InChI=1S/C29H37NO5/c1-18-26-23(17-31)15-28(27(18,2)3,29(26,34)35-5)25(33)10-9-19-7-6-8-21(11-19)22-12-20(16-30-4)13-24(32)14-22/h6-8,11-14,23,26,30-32,34H,1,9-10,15-17H2,2-5H3. The normalized spacial score (nSPS) is 29.0. The second-order valence-corrected chi connectivity index (χ2v) is 10.6. The number of aliphatic hydroxyl groups is 2. The Kier molecular flexibility index (Phi) is 6.70. The Bertz CT molecular complexity index is 1140. The molecule has 4 N–H and O–H groups in total. The minimum atomic E-state index is -1.68. The maximum absolute atomic E-state index is 13.9. The van der Waals surface area contributed by atoms with E-state index in [-0.39, 0.29) is 30.5 Å². The number of carbonyl (C=O) groups excluding carboxylic acids is 1. The molecular formula is C29H37NO5. The third-order valence-corrected chi connectivity index (χ3v) is 8.60. The van der Waals surface area contributed by atoms with E-state index in [1.54, 1.807) is 12.1 Å². The Balaban J connectivity index is 1.60. The lowest BCUT2D eigenvalue weighted by molar-refractivity contribution is -0.253. The van der Waals surface area contributed by atoms with E-state index < -0.39 is 22.5 Å². The molecule has 2 aromatic carbocycles. The van der Waals surface area contributed by atoms with Crippen LogP contribution in [0.3, 0.4) is 0 Å². The molecule has 0 aliphatic heterocycles. The zero-order valence-electron chi connectivity index (χ0n) is 21.1. The quantitative estimate of drug-likeness (QED) is 0.322. The van der Waals surface area contributed by atoms with Gasteiger partial charge in [0.05, 0.1) is 5.41 Å². The second-order valence-electron chi connectivity index (χ2n) is 10.6. The number of rotatable bonds is 9. The summed E-state index contributed by atoms with van der Waals surface area (Å²) in [6, 6.07) is 13.5. The summed E-state index contributed by atoms with van der Waals surface area (Å²) in [5.74, 6) is -2.26. The fourth-order valence-electron chi connectivity index (χ4n) is 6.79. The van der Waals surface area contributed by atoms with Gasteiger partial charge >= 0.3 is 0 Å². The lowest BCUT2D eigenvalue weighted by atomic mass is 9.58. The molecule has 0 spiro atoms. The first-order chi connectivity index (χ1) is 16.6. The van der Waals surface area contributed by atoms with Crippen molar-refractivity contribution in [2.75, 3.05) is 20.8 Å². The van der Waals surface area contributed by atoms with Gasteiger partial charge in [0.1, 0.15) is 11.5 Å². The number of hydrogen-bond donors (Lipinski definition) is 4. The molecule has 2 aromatic rings. The van der Waals surface area contributed by atoms with Crippen LogP contribution < -0.4 is 5.32 Å². The van der Waals surface area contributed by atoms with Crippen molar-refractivity contribution in [1.29, 1.82) is 0 Å². The maximum atomic E-state index is 13.9. The molecule has 2 bridgehead atoms. The number of fused-ring (bicyclic) bond motifs is 2. The summed E-state index contributed by atoms with van der Waals surface area (Å²) in [6.07, 6.45) is 1.12. The van der Waals surface area contributed by atoms with E-state index in [4.69, 9.17) is 4.74 Å². The third-order valence-electron chi connectivity index (χ3n) is 8.60. The van der Waals surface area contributed by atoms with E-state index in [9.17, 15) is 20.1 Å². The van der Waals surface area contributed by atoms with Crippen LogP contribution in [0.15, 0.2) is 54.6 Å². The number of aromatic hydroxyl groups is 1. The fraction of sp³-hybridized carbons (Fsp3) is 0.483. The largest absolute Gasteiger partial charge is 0.508 e. The van der Waals surface area contributed by atoms with E-state index in [0.29, 0.717) is 19.4 Å². The van der Waals surface area contributed by atoms with Gasteiger partial charge in [-0.1, -0.05) is 50.3 Å². The van der Waals surface area contributed by atoms with E-state index in [0.717, 1.165) is 27.8 Å². The molecule has 2 saturated carbocycles. The van der Waals surface area contributed by atoms with Crippen molar-refractivity contribution in [2.24, 2.45) is 22.7 Å². The first-order valence-corrected chi connectivity index (χ1v) is 12.2. The van der Waals surface area contributed by atoms with Crippen molar-refractivity contribution < 1.29 is 24.9 Å². The Labute approximate surface area is 207 Å². The van der Waals surface area contributed by atoms with Crippen LogP contribution >= 0.6 is 0 Å². The van der Waals surface area contributed by atoms with Crippen LogP contribution in [0.5, 0.6) is 5.75 Å². The predicted octanol–water partition coefficient (Wildman–Crippen LogP) is 3.83. The molecule has 6 nitrogen and oxygen atoms in total. The monoisotopic (exact) mass is 479 g/mol. The first-order valence-electron chi connectivity index (χ1n) is 12.2. The molecule has 2 aliphatic carbocycles. The minimum Gasteiger partial charge on any atom is -0.508 e. The highest BCUT2D eigenvalue weighted by atomic mass is 16.6. The molecular weight excluding hydrogens is 442 g/mol. The molecule has 4 unspecified atom stereocenters. The molecule has 0 saturated heterocycles. The highest BCUT2D eigenvalue weighted by Gasteiger charge is 2.79. The van der Waals surface area contributed by atoms with Crippen molar-refractivity contribution >= 4 is 5.78 Å². The number of Topliss-reactive ketones (excluding diaryl/α,β-unsaturated/α-hetero) is 1. The summed E-state index contributed by atoms with van der Waals surface area (Å²) in [7, 11) is 3.30. The highest BCUT2D eigenvalue weighted by Crippen LogP contribution is 2.73. The molecule has 0 aromatic heterocycles. The van der Waals surface area contributed by atoms with Crippen molar-refractivity contribution in [3.8, 4) is 16.9 Å². The van der Waals surface area contributed by atoms with Gasteiger partial charge in [-0.2, -0.15) is 0 Å². The van der Waals surface area contributed by atoms with Gasteiger partial charge in [0, 0.05) is 38.0 Å². The lowest BCUT2D eigenvalue weighted by Gasteiger charge is -2.46. The van der Waals surface area contributed by atoms with Crippen LogP contribution in [0.1, 0.15) is 37.8 Å². The van der Waals surface area contributed by atoms with Gasteiger partial charge < -0.3 is 25.4 Å². The van der Waals surface area contributed by atoms with Crippen LogP contribution in [0.2, 0.25) is 0 Å². The van der Waals surface area contributed by atoms with Crippen LogP contribution in [-0.2, 0) is 22.5 Å². The average molecular weight is 480 g/mol. The number of ketones is 1. The van der Waals surface area contributed by atoms with Crippen molar-refractivity contribution in [2.45, 2.75) is 45.4 Å². The van der Waals surface area contributed by atoms with Crippen LogP contribution in [-0.4, -0.2) is 47.7 Å². The number of hydrogen-bond acceptors (Lipinski definition) is 6. The van der Waals surface area contributed by atoms with Gasteiger partial charge in [-0.05, 0) is 66.3 Å². The molecule has 188 valence electrons. The number of aliphatic hydroxyl groups excluding tert-OH is 1. The van der Waals surface area contributed by atoms with E-state index in [1.165, 1.54) is 7.11 Å². The van der Waals surface area contributed by atoms with Gasteiger partial charge in [-0.15, -0.1) is 0 Å². The average Bonchev–Trinajstić information content (AvgIpc) is 3.18. The lowest BCUT2D eigenvalue weighted by Crippen LogP contribution is -2.55. The Morgan fingerprint density at radius 2 is 1.89 bits per heavy atom. The summed E-state index contributed by atoms with van der Waals surface area (Å²) < 4.78 is 5.65. The number of aryl methyl sites for hydroxylation is 1. The number of ether oxygens (including phenoxy) is 1. The summed E-state index contributed by atoms with van der Waals surface area (Å²) >= 11 is 0. The summed E-state index contributed by atoms with van der Waals surface area (Å²) in [5, 5.41) is 34.9. The minimum absolute atomic E-state index is 0.0643. The number of methoxy groups -OCH3 is 1. The molecule has 2 fully saturated rings. The first kappa shape index (κ1) is 25.6. The number of benzene rings is 2. The van der Waals surface area contributed by atoms with Gasteiger partial charge in [0.25, 0.3) is 0 Å². The van der Waals surface area contributed by atoms with Crippen molar-refractivity contribution in [3.63, 3.8) is 0 Å². The number of nitrogens with one attached hydrogen (secondary N) is 1. The molecule has 0 heterocycles. The number of carbonyl (C=O) groups is 1. The molecule has 0 radical (unpaired) electrons. The zero-order valence-corrected chi connectivity index (χ0v) is 21.1. The molecule has 4 rings (SSSR count). The van der Waals surface area contributed by atoms with Crippen molar-refractivity contribution in [1.82, 2.24) is 5.32 Å². The van der Waals surface area contributed by atoms with Gasteiger partial charge in [0.15, 0.2) is 5.79 Å². The Morgan fingerprint density at radius 3 is 2.54 bits per heavy atom.